The Kier molecular flexibility index (Phi) is 4.02. The first kappa shape index (κ1) is 17.0. The first-order chi connectivity index (χ1) is 12.9. The van der Waals surface area contributed by atoms with Crippen molar-refractivity contribution < 1.29 is 14.3 Å². The summed E-state index contributed by atoms with van der Waals surface area (Å²) in [7, 11) is 0. The van der Waals surface area contributed by atoms with Crippen LogP contribution in [0.25, 0.3) is 11.0 Å². The van der Waals surface area contributed by atoms with E-state index in [1.165, 1.54) is 6.20 Å². The van der Waals surface area contributed by atoms with Crippen molar-refractivity contribution in [2.24, 2.45) is 0 Å². The van der Waals surface area contributed by atoms with Gasteiger partial charge in [0.05, 0.1) is 17.4 Å². The van der Waals surface area contributed by atoms with Crippen LogP contribution in [-0.4, -0.2) is 32.7 Å². The third kappa shape index (κ3) is 3.10. The molecule has 0 saturated carbocycles. The molecule has 27 heavy (non-hydrogen) atoms. The molecular formula is C19H19N5O3. The third-order valence-electron chi connectivity index (χ3n) is 4.35. The van der Waals surface area contributed by atoms with E-state index in [2.05, 4.69) is 20.7 Å². The average molecular weight is 365 g/mol. The van der Waals surface area contributed by atoms with Crippen molar-refractivity contribution in [1.29, 1.82) is 0 Å². The molecule has 0 fully saturated rings. The number of carbonyl (C=O) groups excluding carboxylic acids is 2. The molecule has 2 amide bonds. The fraction of sp³-hybridized carbons (Fsp3) is 0.263. The number of benzene rings is 1. The van der Waals surface area contributed by atoms with Crippen molar-refractivity contribution >= 4 is 34.2 Å². The summed E-state index contributed by atoms with van der Waals surface area (Å²) in [4.78, 5) is 28.7. The van der Waals surface area contributed by atoms with Gasteiger partial charge in [-0.05, 0) is 45.0 Å². The second-order valence-electron chi connectivity index (χ2n) is 6.73. The van der Waals surface area contributed by atoms with E-state index in [4.69, 9.17) is 4.74 Å². The number of ether oxygens (including phenoxy) is 1. The highest BCUT2D eigenvalue weighted by molar-refractivity contribution is 6.06. The van der Waals surface area contributed by atoms with Crippen molar-refractivity contribution in [3.05, 3.63) is 42.2 Å². The van der Waals surface area contributed by atoms with Crippen LogP contribution in [0.5, 0.6) is 5.75 Å². The number of anilines is 2. The number of rotatable bonds is 3. The lowest BCUT2D eigenvalue weighted by molar-refractivity contribution is -0.122. The highest BCUT2D eigenvalue weighted by Gasteiger charge is 2.23. The van der Waals surface area contributed by atoms with Crippen LogP contribution in [0.1, 0.15) is 37.2 Å². The van der Waals surface area contributed by atoms with Crippen molar-refractivity contribution in [1.82, 2.24) is 14.8 Å². The molecule has 2 aromatic heterocycles. The van der Waals surface area contributed by atoms with E-state index in [1.807, 2.05) is 18.5 Å². The average Bonchev–Trinajstić information content (AvgIpc) is 3.06. The molecule has 0 aliphatic carbocycles. The molecular weight excluding hydrogens is 346 g/mol. The quantitative estimate of drug-likeness (QED) is 0.743. The van der Waals surface area contributed by atoms with Gasteiger partial charge in [-0.3, -0.25) is 9.59 Å². The van der Waals surface area contributed by atoms with Gasteiger partial charge in [-0.25, -0.2) is 9.67 Å². The minimum atomic E-state index is -0.539. The first-order valence-corrected chi connectivity index (χ1v) is 8.68. The maximum absolute atomic E-state index is 12.6. The van der Waals surface area contributed by atoms with Gasteiger partial charge in [0.25, 0.3) is 11.8 Å². The van der Waals surface area contributed by atoms with E-state index in [0.29, 0.717) is 22.7 Å². The van der Waals surface area contributed by atoms with Crippen LogP contribution in [0, 0.1) is 0 Å². The Balaban J connectivity index is 1.57. The predicted octanol–water partition coefficient (Wildman–Crippen LogP) is 2.98. The highest BCUT2D eigenvalue weighted by atomic mass is 16.5. The maximum Gasteiger partial charge on any atom is 0.265 e. The molecule has 1 aliphatic rings. The van der Waals surface area contributed by atoms with Gasteiger partial charge >= 0.3 is 0 Å². The number of hydrogen-bond donors (Lipinski definition) is 2. The van der Waals surface area contributed by atoms with E-state index in [9.17, 15) is 9.59 Å². The lowest BCUT2D eigenvalue weighted by Crippen LogP contribution is -2.34. The summed E-state index contributed by atoms with van der Waals surface area (Å²) < 4.78 is 7.32. The van der Waals surface area contributed by atoms with Crippen LogP contribution in [0.2, 0.25) is 0 Å². The Labute approximate surface area is 155 Å². The maximum atomic E-state index is 12.6. The van der Waals surface area contributed by atoms with Gasteiger partial charge in [-0.2, -0.15) is 5.10 Å². The van der Waals surface area contributed by atoms with Gasteiger partial charge in [0.1, 0.15) is 5.75 Å². The fourth-order valence-corrected chi connectivity index (χ4v) is 2.93. The zero-order valence-corrected chi connectivity index (χ0v) is 15.2. The van der Waals surface area contributed by atoms with E-state index < -0.39 is 6.10 Å². The number of fused-ring (bicyclic) bond motifs is 2. The molecule has 4 rings (SSSR count). The van der Waals surface area contributed by atoms with Crippen LogP contribution in [0.15, 0.2) is 36.7 Å². The van der Waals surface area contributed by atoms with Crippen molar-refractivity contribution in [3.63, 3.8) is 0 Å². The highest BCUT2D eigenvalue weighted by Crippen LogP contribution is 2.32. The normalized spacial score (nSPS) is 16.0. The van der Waals surface area contributed by atoms with Crippen LogP contribution in [0.4, 0.5) is 11.4 Å². The molecule has 3 aromatic rings. The third-order valence-corrected chi connectivity index (χ3v) is 4.35. The molecule has 1 unspecified atom stereocenters. The summed E-state index contributed by atoms with van der Waals surface area (Å²) in [5.74, 6) is 0.0603. The van der Waals surface area contributed by atoms with Crippen LogP contribution >= 0.6 is 0 Å². The smallest absolute Gasteiger partial charge is 0.265 e. The number of amides is 2. The fourth-order valence-electron chi connectivity index (χ4n) is 2.93. The van der Waals surface area contributed by atoms with Gasteiger partial charge in [0, 0.05) is 23.3 Å². The Hall–Kier alpha value is -3.42. The number of aromatic nitrogens is 3. The minimum Gasteiger partial charge on any atom is -0.479 e. The zero-order valence-electron chi connectivity index (χ0n) is 15.2. The van der Waals surface area contributed by atoms with Crippen LogP contribution < -0.4 is 15.4 Å². The second kappa shape index (κ2) is 6.39. The van der Waals surface area contributed by atoms with E-state index in [-0.39, 0.29) is 17.9 Å². The largest absolute Gasteiger partial charge is 0.479 e. The van der Waals surface area contributed by atoms with Crippen molar-refractivity contribution in [3.8, 4) is 5.75 Å². The molecule has 1 atom stereocenters. The van der Waals surface area contributed by atoms with Gasteiger partial charge in [-0.15, -0.1) is 0 Å². The number of carbonyl (C=O) groups is 2. The molecule has 3 heterocycles. The van der Waals surface area contributed by atoms with Gasteiger partial charge in [-0.1, -0.05) is 0 Å². The molecule has 1 aromatic carbocycles. The number of hydrogen-bond acceptors (Lipinski definition) is 5. The molecule has 0 radical (unpaired) electrons. The molecule has 138 valence electrons. The first-order valence-electron chi connectivity index (χ1n) is 8.68. The van der Waals surface area contributed by atoms with Gasteiger partial charge < -0.3 is 15.4 Å². The Morgan fingerprint density at radius 2 is 2.11 bits per heavy atom. The monoisotopic (exact) mass is 365 g/mol. The van der Waals surface area contributed by atoms with Crippen LogP contribution in [0.3, 0.4) is 0 Å². The summed E-state index contributed by atoms with van der Waals surface area (Å²) in [5, 5.41) is 10.7. The topological polar surface area (TPSA) is 98.1 Å². The summed E-state index contributed by atoms with van der Waals surface area (Å²) in [6.45, 7) is 5.72. The van der Waals surface area contributed by atoms with E-state index in [0.717, 1.165) is 11.0 Å². The van der Waals surface area contributed by atoms with Crippen molar-refractivity contribution in [2.45, 2.75) is 32.9 Å². The summed E-state index contributed by atoms with van der Waals surface area (Å²) in [5.41, 5.74) is 2.25. The lowest BCUT2D eigenvalue weighted by Gasteiger charge is -2.23. The standard InChI is InChI=1S/C19H19N5O3/c1-10(2)24-17-12(9-21-24)6-13(8-20-17)19(26)22-14-4-5-16-15(7-14)23-18(25)11(3)27-16/h4-11H,1-3H3,(H,22,26)(H,23,25). The molecule has 0 saturated heterocycles. The molecule has 8 nitrogen and oxygen atoms in total. The Morgan fingerprint density at radius 3 is 2.89 bits per heavy atom. The number of pyridine rings is 1. The number of nitrogens with one attached hydrogen (secondary N) is 2. The molecule has 8 heteroatoms. The summed E-state index contributed by atoms with van der Waals surface area (Å²) >= 11 is 0. The Bertz CT molecular complexity index is 1060. The summed E-state index contributed by atoms with van der Waals surface area (Å²) in [6.07, 6.45) is 2.69. The minimum absolute atomic E-state index is 0.185. The molecule has 0 spiro atoms. The lowest BCUT2D eigenvalue weighted by atomic mass is 10.2. The molecule has 1 aliphatic heterocycles. The Morgan fingerprint density at radius 1 is 1.30 bits per heavy atom. The SMILES string of the molecule is CC1Oc2ccc(NC(=O)c3cnc4c(cnn4C(C)C)c3)cc2NC1=O. The van der Waals surface area contributed by atoms with E-state index >= 15 is 0 Å². The number of nitrogens with zero attached hydrogens (tertiary/aromatic N) is 3. The zero-order chi connectivity index (χ0) is 19.1. The molecule has 2 N–H and O–H groups in total. The second-order valence-corrected chi connectivity index (χ2v) is 6.73. The van der Waals surface area contributed by atoms with Gasteiger partial charge in [0.15, 0.2) is 11.8 Å². The molecule has 0 bridgehead atoms. The van der Waals surface area contributed by atoms with Crippen molar-refractivity contribution in [2.75, 3.05) is 10.6 Å². The van der Waals surface area contributed by atoms with Gasteiger partial charge in [0.2, 0.25) is 0 Å². The van der Waals surface area contributed by atoms with E-state index in [1.54, 1.807) is 37.4 Å². The summed E-state index contributed by atoms with van der Waals surface area (Å²) in [6, 6.07) is 7.05. The predicted molar refractivity (Wildman–Crippen MR) is 101 cm³/mol. The van der Waals surface area contributed by atoms with Crippen LogP contribution in [-0.2, 0) is 4.79 Å².